The number of hydrogen-bond acceptors (Lipinski definition) is 2. The Morgan fingerprint density at radius 2 is 1.91 bits per heavy atom. The molecule has 1 aliphatic rings. The molecule has 0 radical (unpaired) electrons. The molecule has 0 bridgehead atoms. The molecule has 0 aromatic carbocycles. The minimum absolute atomic E-state index is 0.0350. The Morgan fingerprint density at radius 1 is 1.36 bits per heavy atom. The zero-order valence-corrected chi connectivity index (χ0v) is 7.14. The maximum absolute atomic E-state index is 8.98. The van der Waals surface area contributed by atoms with Gasteiger partial charge in [0, 0.05) is 6.04 Å². The van der Waals surface area contributed by atoms with Gasteiger partial charge < -0.3 is 5.73 Å². The first-order valence-corrected chi connectivity index (χ1v) is 4.38. The molecule has 0 aromatic heterocycles. The van der Waals surface area contributed by atoms with E-state index in [0.29, 0.717) is 0 Å². The van der Waals surface area contributed by atoms with Crippen LogP contribution in [0.1, 0.15) is 39.0 Å². The number of nitriles is 1. The Labute approximate surface area is 68.4 Å². The van der Waals surface area contributed by atoms with Crippen molar-refractivity contribution in [3.63, 3.8) is 0 Å². The Morgan fingerprint density at radius 3 is 2.18 bits per heavy atom. The summed E-state index contributed by atoms with van der Waals surface area (Å²) < 4.78 is 0. The van der Waals surface area contributed by atoms with Crippen LogP contribution in [0.3, 0.4) is 0 Å². The molecule has 0 aliphatic heterocycles. The van der Waals surface area contributed by atoms with E-state index in [9.17, 15) is 0 Å². The smallest absolute Gasteiger partial charge is 0.0721 e. The zero-order valence-electron chi connectivity index (χ0n) is 7.14. The average Bonchev–Trinajstić information content (AvgIpc) is 2.05. The first-order chi connectivity index (χ1) is 5.21. The summed E-state index contributed by atoms with van der Waals surface area (Å²) in [7, 11) is 0. The molecule has 0 saturated heterocycles. The highest BCUT2D eigenvalue weighted by Gasteiger charge is 2.35. The Balaban J connectivity index is 2.67. The summed E-state index contributed by atoms with van der Waals surface area (Å²) in [6, 6.07) is 2.43. The van der Waals surface area contributed by atoms with Gasteiger partial charge in [-0.2, -0.15) is 5.26 Å². The largest absolute Gasteiger partial charge is 0.327 e. The quantitative estimate of drug-likeness (QED) is 0.623. The van der Waals surface area contributed by atoms with E-state index in [1.165, 1.54) is 19.3 Å². The molecule has 2 nitrogen and oxygen atoms in total. The van der Waals surface area contributed by atoms with Crippen molar-refractivity contribution in [3.05, 3.63) is 0 Å². The van der Waals surface area contributed by atoms with Gasteiger partial charge in [0.05, 0.1) is 11.5 Å². The van der Waals surface area contributed by atoms with Gasteiger partial charge in [0.1, 0.15) is 0 Å². The van der Waals surface area contributed by atoms with Crippen LogP contribution >= 0.6 is 0 Å². The number of nitrogens with zero attached hydrogens (tertiary/aromatic N) is 1. The number of nitrogens with two attached hydrogens (primary N) is 1. The monoisotopic (exact) mass is 152 g/mol. The van der Waals surface area contributed by atoms with Crippen LogP contribution in [0.4, 0.5) is 0 Å². The van der Waals surface area contributed by atoms with Crippen molar-refractivity contribution in [3.8, 4) is 6.07 Å². The molecule has 0 amide bonds. The first kappa shape index (κ1) is 8.55. The van der Waals surface area contributed by atoms with E-state index in [1.54, 1.807) is 0 Å². The third-order valence-electron chi connectivity index (χ3n) is 2.84. The summed E-state index contributed by atoms with van der Waals surface area (Å²) in [6.45, 7) is 1.95. The van der Waals surface area contributed by atoms with Gasteiger partial charge in [0.25, 0.3) is 0 Å². The van der Waals surface area contributed by atoms with E-state index in [4.69, 9.17) is 11.0 Å². The standard InChI is InChI=1S/C9H16N2/c1-8(11)9(7-10)5-3-2-4-6-9/h8H,2-6,11H2,1H3/t8-/m0/s1. The second-order valence-electron chi connectivity index (χ2n) is 3.62. The van der Waals surface area contributed by atoms with Crippen LogP contribution in [-0.4, -0.2) is 6.04 Å². The fourth-order valence-corrected chi connectivity index (χ4v) is 1.85. The molecule has 0 spiro atoms. The van der Waals surface area contributed by atoms with Gasteiger partial charge in [0.2, 0.25) is 0 Å². The zero-order chi connectivity index (χ0) is 8.32. The number of rotatable bonds is 1. The van der Waals surface area contributed by atoms with Crippen molar-refractivity contribution in [2.75, 3.05) is 0 Å². The van der Waals surface area contributed by atoms with Crippen LogP contribution in [0.2, 0.25) is 0 Å². The van der Waals surface area contributed by atoms with E-state index < -0.39 is 0 Å². The Kier molecular flexibility index (Phi) is 2.51. The van der Waals surface area contributed by atoms with Gasteiger partial charge >= 0.3 is 0 Å². The summed E-state index contributed by atoms with van der Waals surface area (Å²) in [5.74, 6) is 0. The predicted octanol–water partition coefficient (Wildman–Crippen LogP) is 1.81. The van der Waals surface area contributed by atoms with E-state index in [0.717, 1.165) is 12.8 Å². The molecule has 2 N–H and O–H groups in total. The maximum Gasteiger partial charge on any atom is 0.0721 e. The summed E-state index contributed by atoms with van der Waals surface area (Å²) >= 11 is 0. The minimum Gasteiger partial charge on any atom is -0.327 e. The molecule has 11 heavy (non-hydrogen) atoms. The lowest BCUT2D eigenvalue weighted by Gasteiger charge is -2.33. The van der Waals surface area contributed by atoms with Crippen LogP contribution in [-0.2, 0) is 0 Å². The highest BCUT2D eigenvalue weighted by molar-refractivity contribution is 5.05. The van der Waals surface area contributed by atoms with Crippen molar-refractivity contribution in [2.45, 2.75) is 45.1 Å². The van der Waals surface area contributed by atoms with Gasteiger partial charge in [-0.15, -0.1) is 0 Å². The lowest BCUT2D eigenvalue weighted by molar-refractivity contribution is 0.228. The summed E-state index contributed by atoms with van der Waals surface area (Å²) in [4.78, 5) is 0. The summed E-state index contributed by atoms with van der Waals surface area (Å²) in [5, 5.41) is 8.98. The SMILES string of the molecule is C[C@H](N)C1(C#N)CCCCC1. The van der Waals surface area contributed by atoms with Gasteiger partial charge in [-0.3, -0.25) is 0 Å². The normalized spacial score (nSPS) is 25.5. The van der Waals surface area contributed by atoms with E-state index >= 15 is 0 Å². The second kappa shape index (κ2) is 3.23. The molecule has 0 aromatic rings. The Hall–Kier alpha value is -0.550. The lowest BCUT2D eigenvalue weighted by atomic mass is 9.71. The van der Waals surface area contributed by atoms with E-state index in [1.807, 2.05) is 6.92 Å². The third kappa shape index (κ3) is 1.54. The first-order valence-electron chi connectivity index (χ1n) is 4.38. The van der Waals surface area contributed by atoms with Gasteiger partial charge in [-0.25, -0.2) is 0 Å². The van der Waals surface area contributed by atoms with Crippen molar-refractivity contribution in [2.24, 2.45) is 11.1 Å². The fourth-order valence-electron chi connectivity index (χ4n) is 1.85. The topological polar surface area (TPSA) is 49.8 Å². The average molecular weight is 152 g/mol. The van der Waals surface area contributed by atoms with Crippen LogP contribution in [0.25, 0.3) is 0 Å². The van der Waals surface area contributed by atoms with Gasteiger partial charge in [0.15, 0.2) is 0 Å². The highest BCUT2D eigenvalue weighted by atomic mass is 14.7. The van der Waals surface area contributed by atoms with Crippen molar-refractivity contribution in [1.82, 2.24) is 0 Å². The molecule has 62 valence electrons. The molecular formula is C9H16N2. The molecule has 1 aliphatic carbocycles. The molecule has 2 heteroatoms. The van der Waals surface area contributed by atoms with Crippen LogP contribution < -0.4 is 5.73 Å². The molecule has 1 saturated carbocycles. The lowest BCUT2D eigenvalue weighted by Crippen LogP contribution is -2.39. The molecule has 1 fully saturated rings. The van der Waals surface area contributed by atoms with Crippen molar-refractivity contribution < 1.29 is 0 Å². The molecular weight excluding hydrogens is 136 g/mol. The maximum atomic E-state index is 8.98. The minimum atomic E-state index is -0.196. The van der Waals surface area contributed by atoms with Gasteiger partial charge in [-0.05, 0) is 19.8 Å². The third-order valence-corrected chi connectivity index (χ3v) is 2.84. The van der Waals surface area contributed by atoms with Crippen LogP contribution in [0, 0.1) is 16.7 Å². The molecule has 1 atom stereocenters. The van der Waals surface area contributed by atoms with E-state index in [2.05, 4.69) is 6.07 Å². The fraction of sp³-hybridized carbons (Fsp3) is 0.889. The second-order valence-corrected chi connectivity index (χ2v) is 3.62. The highest BCUT2D eigenvalue weighted by Crippen LogP contribution is 2.37. The summed E-state index contributed by atoms with van der Waals surface area (Å²) in [6.07, 6.45) is 5.63. The number of hydrogen-bond donors (Lipinski definition) is 1. The molecule has 0 heterocycles. The van der Waals surface area contributed by atoms with Crippen molar-refractivity contribution in [1.29, 1.82) is 5.26 Å². The Bertz CT molecular complexity index is 161. The predicted molar refractivity (Wildman–Crippen MR) is 44.8 cm³/mol. The van der Waals surface area contributed by atoms with Crippen LogP contribution in [0.5, 0.6) is 0 Å². The van der Waals surface area contributed by atoms with Gasteiger partial charge in [-0.1, -0.05) is 19.3 Å². The van der Waals surface area contributed by atoms with Crippen LogP contribution in [0.15, 0.2) is 0 Å². The molecule has 0 unspecified atom stereocenters. The van der Waals surface area contributed by atoms with E-state index in [-0.39, 0.29) is 11.5 Å². The van der Waals surface area contributed by atoms with Crippen molar-refractivity contribution >= 4 is 0 Å². The molecule has 1 rings (SSSR count). The summed E-state index contributed by atoms with van der Waals surface area (Å²) in [5.41, 5.74) is 5.59.